The molecule has 0 unspecified atom stereocenters. The van der Waals surface area contributed by atoms with E-state index in [1.807, 2.05) is 0 Å². The summed E-state index contributed by atoms with van der Waals surface area (Å²) >= 11 is 5.54. The Bertz CT molecular complexity index is 845. The largest absolute Gasteiger partial charge is 0.434 e. The third-order valence-electron chi connectivity index (χ3n) is 5.71. The molecule has 1 aromatic rings. The zero-order chi connectivity index (χ0) is 20.2. The average molecular weight is 440 g/mol. The predicted octanol–water partition coefficient (Wildman–Crippen LogP) is 2.49. The lowest BCUT2D eigenvalue weighted by Gasteiger charge is -2.60. The predicted molar refractivity (Wildman–Crippen MR) is 95.4 cm³/mol. The number of hydrogen-bond donors (Lipinski definition) is 0. The molecule has 0 amide bonds. The van der Waals surface area contributed by atoms with Gasteiger partial charge in [-0.15, -0.1) is 0 Å². The fraction of sp³-hybridized carbons (Fsp3) is 0.706. The summed E-state index contributed by atoms with van der Waals surface area (Å²) < 4.78 is 71.6. The second-order valence-corrected chi connectivity index (χ2v) is 10.3. The van der Waals surface area contributed by atoms with E-state index in [1.54, 1.807) is 0 Å². The van der Waals surface area contributed by atoms with Gasteiger partial charge in [0, 0.05) is 51.4 Å². The first-order valence-electron chi connectivity index (χ1n) is 9.13. The number of rotatable bonds is 4. The first kappa shape index (κ1) is 20.3. The SMILES string of the molecule is O=S(=O)(c1ccc(Cl)nc1C(F)(F)F)N1CC2(CN(CC3CCOCC3)C2)C1. The number of halogens is 4. The van der Waals surface area contributed by atoms with E-state index < -0.39 is 31.9 Å². The van der Waals surface area contributed by atoms with Gasteiger partial charge in [0.25, 0.3) is 0 Å². The molecule has 156 valence electrons. The molecule has 3 saturated heterocycles. The van der Waals surface area contributed by atoms with Crippen molar-refractivity contribution in [1.82, 2.24) is 14.2 Å². The Balaban J connectivity index is 1.40. The van der Waals surface area contributed by atoms with E-state index in [-0.39, 0.29) is 18.5 Å². The quantitative estimate of drug-likeness (QED) is 0.674. The maximum atomic E-state index is 13.2. The van der Waals surface area contributed by atoms with Crippen LogP contribution in [0.25, 0.3) is 0 Å². The van der Waals surface area contributed by atoms with Gasteiger partial charge in [-0.25, -0.2) is 13.4 Å². The number of alkyl halides is 3. The van der Waals surface area contributed by atoms with Crippen LogP contribution in [0.1, 0.15) is 18.5 Å². The maximum absolute atomic E-state index is 13.2. The lowest BCUT2D eigenvalue weighted by molar-refractivity contribution is -0.143. The summed E-state index contributed by atoms with van der Waals surface area (Å²) in [6.07, 6.45) is -2.82. The number of pyridine rings is 1. The summed E-state index contributed by atoms with van der Waals surface area (Å²) in [5.41, 5.74) is -1.60. The molecule has 3 aliphatic rings. The molecule has 0 aliphatic carbocycles. The lowest BCUT2D eigenvalue weighted by Crippen LogP contribution is -2.73. The summed E-state index contributed by atoms with van der Waals surface area (Å²) in [5, 5.41) is -0.394. The highest BCUT2D eigenvalue weighted by molar-refractivity contribution is 7.89. The Labute approximate surface area is 166 Å². The van der Waals surface area contributed by atoms with E-state index in [9.17, 15) is 21.6 Å². The van der Waals surface area contributed by atoms with Crippen molar-refractivity contribution in [3.63, 3.8) is 0 Å². The topological polar surface area (TPSA) is 62.7 Å². The molecular formula is C17H21ClF3N3O3S. The van der Waals surface area contributed by atoms with Crippen LogP contribution < -0.4 is 0 Å². The standard InChI is InChI=1S/C17H21ClF3N3O3S/c18-14-2-1-13(15(22-14)17(19,20)21)28(25,26)24-10-16(11-24)8-23(9-16)7-12-3-5-27-6-4-12/h1-2,12H,3-11H2. The van der Waals surface area contributed by atoms with Gasteiger partial charge < -0.3 is 9.64 Å². The molecule has 0 saturated carbocycles. The smallest absolute Gasteiger partial charge is 0.381 e. The maximum Gasteiger partial charge on any atom is 0.434 e. The van der Waals surface area contributed by atoms with Gasteiger partial charge in [0.05, 0.1) is 0 Å². The fourth-order valence-corrected chi connectivity index (χ4v) is 6.33. The number of ether oxygens (including phenoxy) is 1. The molecule has 4 rings (SSSR count). The van der Waals surface area contributed by atoms with Gasteiger partial charge in [0.2, 0.25) is 10.0 Å². The highest BCUT2D eigenvalue weighted by atomic mass is 35.5. The molecule has 28 heavy (non-hydrogen) atoms. The third-order valence-corrected chi connectivity index (χ3v) is 7.74. The van der Waals surface area contributed by atoms with Crippen molar-refractivity contribution in [2.45, 2.75) is 23.9 Å². The highest BCUT2D eigenvalue weighted by Gasteiger charge is 2.56. The van der Waals surface area contributed by atoms with Crippen molar-refractivity contribution in [1.29, 1.82) is 0 Å². The van der Waals surface area contributed by atoms with Crippen LogP contribution in [0.4, 0.5) is 13.2 Å². The minimum absolute atomic E-state index is 0.142. The van der Waals surface area contributed by atoms with Crippen molar-refractivity contribution >= 4 is 21.6 Å². The van der Waals surface area contributed by atoms with Crippen molar-refractivity contribution in [2.24, 2.45) is 11.3 Å². The van der Waals surface area contributed by atoms with Crippen LogP contribution in [0, 0.1) is 11.3 Å². The van der Waals surface area contributed by atoms with E-state index in [0.717, 1.165) is 62.1 Å². The molecule has 0 N–H and O–H groups in total. The molecule has 3 fully saturated rings. The summed E-state index contributed by atoms with van der Waals surface area (Å²) in [7, 11) is -4.27. The van der Waals surface area contributed by atoms with Gasteiger partial charge in [0.15, 0.2) is 5.69 Å². The Morgan fingerprint density at radius 1 is 1.18 bits per heavy atom. The van der Waals surface area contributed by atoms with E-state index in [0.29, 0.717) is 5.92 Å². The minimum Gasteiger partial charge on any atom is -0.381 e. The normalized spacial score (nSPS) is 24.1. The van der Waals surface area contributed by atoms with E-state index in [4.69, 9.17) is 16.3 Å². The summed E-state index contributed by atoms with van der Waals surface area (Å²) in [5.74, 6) is 0.598. The third kappa shape index (κ3) is 3.77. The van der Waals surface area contributed by atoms with Crippen LogP contribution in [0.5, 0.6) is 0 Å². The molecule has 11 heteroatoms. The minimum atomic E-state index is -4.90. The van der Waals surface area contributed by atoms with Crippen molar-refractivity contribution in [2.75, 3.05) is 45.9 Å². The summed E-state index contributed by atoms with van der Waals surface area (Å²) in [4.78, 5) is 4.68. The van der Waals surface area contributed by atoms with Gasteiger partial charge >= 0.3 is 6.18 Å². The lowest BCUT2D eigenvalue weighted by atomic mass is 9.74. The van der Waals surface area contributed by atoms with E-state index >= 15 is 0 Å². The highest BCUT2D eigenvalue weighted by Crippen LogP contribution is 2.44. The molecule has 3 aliphatic heterocycles. The van der Waals surface area contributed by atoms with Gasteiger partial charge in [-0.1, -0.05) is 11.6 Å². The van der Waals surface area contributed by atoms with E-state index in [2.05, 4.69) is 9.88 Å². The van der Waals surface area contributed by atoms with Gasteiger partial charge in [-0.2, -0.15) is 17.5 Å². The number of hydrogen-bond acceptors (Lipinski definition) is 5. The van der Waals surface area contributed by atoms with Crippen LogP contribution in [0.3, 0.4) is 0 Å². The first-order valence-corrected chi connectivity index (χ1v) is 10.9. The van der Waals surface area contributed by atoms with Gasteiger partial charge in [-0.3, -0.25) is 0 Å². The molecule has 0 bridgehead atoms. The number of nitrogens with zero attached hydrogens (tertiary/aromatic N) is 3. The van der Waals surface area contributed by atoms with Crippen molar-refractivity contribution < 1.29 is 26.3 Å². The molecule has 6 nitrogen and oxygen atoms in total. The van der Waals surface area contributed by atoms with Crippen LogP contribution in [0.2, 0.25) is 5.15 Å². The first-order chi connectivity index (χ1) is 13.1. The van der Waals surface area contributed by atoms with Gasteiger partial charge in [-0.05, 0) is 30.9 Å². The Morgan fingerprint density at radius 2 is 1.82 bits per heavy atom. The Morgan fingerprint density at radius 3 is 2.43 bits per heavy atom. The van der Waals surface area contributed by atoms with Crippen molar-refractivity contribution in [3.8, 4) is 0 Å². The second-order valence-electron chi connectivity index (χ2n) is 7.98. The molecular weight excluding hydrogens is 419 g/mol. The van der Waals surface area contributed by atoms with Gasteiger partial charge in [0.1, 0.15) is 10.0 Å². The van der Waals surface area contributed by atoms with Crippen LogP contribution in [-0.2, 0) is 20.9 Å². The molecule has 4 heterocycles. The number of likely N-dealkylation sites (tertiary alicyclic amines) is 1. The van der Waals surface area contributed by atoms with E-state index in [1.165, 1.54) is 0 Å². The molecule has 1 spiro atoms. The monoisotopic (exact) mass is 439 g/mol. The molecule has 0 atom stereocenters. The molecule has 1 aromatic heterocycles. The number of aromatic nitrogens is 1. The molecule has 0 radical (unpaired) electrons. The average Bonchev–Trinajstić information content (AvgIpc) is 2.55. The molecule has 0 aromatic carbocycles. The summed E-state index contributed by atoms with van der Waals surface area (Å²) in [6, 6.07) is 1.95. The van der Waals surface area contributed by atoms with Crippen LogP contribution in [0.15, 0.2) is 17.0 Å². The Kier molecular flexibility index (Phi) is 5.15. The number of sulfonamides is 1. The summed E-state index contributed by atoms with van der Waals surface area (Å²) in [6.45, 7) is 4.57. The van der Waals surface area contributed by atoms with Crippen LogP contribution >= 0.6 is 11.6 Å². The second kappa shape index (κ2) is 7.09. The van der Waals surface area contributed by atoms with Crippen LogP contribution in [-0.4, -0.2) is 68.5 Å². The zero-order valence-corrected chi connectivity index (χ0v) is 16.7. The van der Waals surface area contributed by atoms with Crippen molar-refractivity contribution in [3.05, 3.63) is 23.0 Å². The fourth-order valence-electron chi connectivity index (χ4n) is 4.37. The Hall–Kier alpha value is -0.940. The zero-order valence-electron chi connectivity index (χ0n) is 15.1.